The third-order valence-corrected chi connectivity index (χ3v) is 4.34. The van der Waals surface area contributed by atoms with Gasteiger partial charge in [-0.1, -0.05) is 20.8 Å². The summed E-state index contributed by atoms with van der Waals surface area (Å²) in [5.74, 6) is 0.474. The zero-order valence-electron chi connectivity index (χ0n) is 19.6. The van der Waals surface area contributed by atoms with E-state index in [0.717, 1.165) is 6.26 Å². The van der Waals surface area contributed by atoms with Gasteiger partial charge in [0.05, 0.1) is 6.26 Å². The standard InChI is InChI=1S/C7H12N2O2.C7H11NO2.C5H13NO2S/c1-7(2,3)9-4-5(10)8-6(9)11;1-7(2,3)5-4-6(9)8-10-5;1-5(2,3)6-9(4,7)8/h4H2,1-3H3,(H,8,10,11);4H,1-3H3,(H,8,9);6H,1-4H3. The zero-order valence-corrected chi connectivity index (χ0v) is 20.4. The van der Waals surface area contributed by atoms with Crippen LogP contribution >= 0.6 is 0 Å². The van der Waals surface area contributed by atoms with Gasteiger partial charge in [0.2, 0.25) is 15.9 Å². The van der Waals surface area contributed by atoms with Crippen molar-refractivity contribution in [1.29, 1.82) is 0 Å². The first kappa shape index (κ1) is 27.9. The lowest BCUT2D eigenvalue weighted by atomic mass is 9.94. The first-order valence-corrected chi connectivity index (χ1v) is 11.3. The van der Waals surface area contributed by atoms with E-state index in [2.05, 4.69) is 15.2 Å². The number of nitrogens with zero attached hydrogens (tertiary/aromatic N) is 1. The summed E-state index contributed by atoms with van der Waals surface area (Å²) >= 11 is 0. The summed E-state index contributed by atoms with van der Waals surface area (Å²) in [6, 6.07) is 1.18. The summed E-state index contributed by atoms with van der Waals surface area (Å²) in [4.78, 5) is 33.9. The zero-order chi connectivity index (χ0) is 24.1. The van der Waals surface area contributed by atoms with Crippen LogP contribution in [-0.4, -0.2) is 54.3 Å². The van der Waals surface area contributed by atoms with Crippen LogP contribution in [0.25, 0.3) is 0 Å². The monoisotopic (exact) mass is 448 g/mol. The lowest BCUT2D eigenvalue weighted by Gasteiger charge is -2.29. The first-order chi connectivity index (χ1) is 13.1. The lowest BCUT2D eigenvalue weighted by molar-refractivity contribution is -0.118. The average Bonchev–Trinajstić information content (AvgIpc) is 3.00. The van der Waals surface area contributed by atoms with Crippen molar-refractivity contribution < 1.29 is 22.5 Å². The second-order valence-corrected chi connectivity index (χ2v) is 11.8. The van der Waals surface area contributed by atoms with Crippen LogP contribution in [0.2, 0.25) is 0 Å². The highest BCUT2D eigenvalue weighted by molar-refractivity contribution is 7.88. The number of aromatic amines is 1. The number of nitrogens with one attached hydrogen (secondary N) is 3. The van der Waals surface area contributed by atoms with E-state index in [9.17, 15) is 22.8 Å². The molecular formula is C19H36N4O6S. The molecule has 30 heavy (non-hydrogen) atoms. The summed E-state index contributed by atoms with van der Waals surface area (Å²) < 4.78 is 28.4. The minimum Gasteiger partial charge on any atom is -0.383 e. The first-order valence-electron chi connectivity index (χ1n) is 9.41. The Morgan fingerprint density at radius 2 is 1.50 bits per heavy atom. The Morgan fingerprint density at radius 3 is 1.63 bits per heavy atom. The molecule has 1 aromatic rings. The Morgan fingerprint density at radius 1 is 1.00 bits per heavy atom. The number of amides is 3. The molecule has 1 aliphatic rings. The molecule has 0 radical (unpaired) electrons. The van der Waals surface area contributed by atoms with Crippen molar-refractivity contribution in [2.75, 3.05) is 12.8 Å². The van der Waals surface area contributed by atoms with Crippen LogP contribution in [0, 0.1) is 0 Å². The van der Waals surface area contributed by atoms with Gasteiger partial charge in [0.25, 0.3) is 5.56 Å². The molecule has 0 bridgehead atoms. The quantitative estimate of drug-likeness (QED) is 0.561. The van der Waals surface area contributed by atoms with E-state index in [1.165, 1.54) is 11.0 Å². The Kier molecular flexibility index (Phi) is 9.08. The molecule has 2 rings (SSSR count). The minimum absolute atomic E-state index is 0.0842. The highest BCUT2D eigenvalue weighted by atomic mass is 32.2. The molecule has 174 valence electrons. The number of sulfonamides is 1. The third-order valence-electron chi connectivity index (χ3n) is 3.36. The SMILES string of the molecule is CC(C)(C)N1CC(=O)NC1=O.CC(C)(C)NS(C)(=O)=O.CC(C)(C)c1cc(=O)[nH]o1. The van der Waals surface area contributed by atoms with Gasteiger partial charge < -0.3 is 9.42 Å². The van der Waals surface area contributed by atoms with Gasteiger partial charge in [0.15, 0.2) is 0 Å². The summed E-state index contributed by atoms with van der Waals surface area (Å²) in [5.41, 5.74) is -0.881. The molecule has 0 aromatic carbocycles. The Bertz CT molecular complexity index is 880. The van der Waals surface area contributed by atoms with Crippen LogP contribution in [0.5, 0.6) is 0 Å². The van der Waals surface area contributed by atoms with Gasteiger partial charge in [-0.15, -0.1) is 0 Å². The average molecular weight is 449 g/mol. The van der Waals surface area contributed by atoms with Gasteiger partial charge in [0, 0.05) is 22.6 Å². The predicted molar refractivity (Wildman–Crippen MR) is 116 cm³/mol. The summed E-state index contributed by atoms with van der Waals surface area (Å²) in [7, 11) is -3.03. The van der Waals surface area contributed by atoms with Gasteiger partial charge in [0.1, 0.15) is 12.3 Å². The molecule has 0 unspecified atom stereocenters. The highest BCUT2D eigenvalue weighted by Crippen LogP contribution is 2.19. The lowest BCUT2D eigenvalue weighted by Crippen LogP contribution is -2.43. The number of imide groups is 1. The van der Waals surface area contributed by atoms with Crippen molar-refractivity contribution in [3.63, 3.8) is 0 Å². The molecule has 0 saturated carbocycles. The Hall–Kier alpha value is -2.14. The molecule has 3 N–H and O–H groups in total. The fraction of sp³-hybridized carbons (Fsp3) is 0.737. The van der Waals surface area contributed by atoms with Gasteiger partial charge in [-0.2, -0.15) is 5.16 Å². The summed E-state index contributed by atoms with van der Waals surface area (Å²) in [5, 5.41) is 4.47. The summed E-state index contributed by atoms with van der Waals surface area (Å²) in [6.07, 6.45) is 1.15. The van der Waals surface area contributed by atoms with E-state index in [0.29, 0.717) is 5.76 Å². The normalized spacial score (nSPS) is 15.1. The van der Waals surface area contributed by atoms with Crippen molar-refractivity contribution in [3.05, 3.63) is 22.2 Å². The number of hydrogen-bond acceptors (Lipinski definition) is 6. The number of carbonyl (C=O) groups is 2. The number of H-pyrrole nitrogens is 1. The molecule has 1 saturated heterocycles. The van der Waals surface area contributed by atoms with Crippen molar-refractivity contribution in [2.24, 2.45) is 0 Å². The van der Waals surface area contributed by atoms with Gasteiger partial charge in [-0.05, 0) is 41.5 Å². The number of aromatic nitrogens is 1. The van der Waals surface area contributed by atoms with E-state index in [1.807, 2.05) is 41.5 Å². The van der Waals surface area contributed by atoms with Crippen LogP contribution in [0.1, 0.15) is 68.1 Å². The topological polar surface area (TPSA) is 142 Å². The number of urea groups is 1. The van der Waals surface area contributed by atoms with Crippen LogP contribution in [-0.2, 0) is 20.2 Å². The molecular weight excluding hydrogens is 412 g/mol. The molecule has 1 aliphatic heterocycles. The number of hydrogen-bond donors (Lipinski definition) is 3. The molecule has 10 nitrogen and oxygen atoms in total. The van der Waals surface area contributed by atoms with Crippen molar-refractivity contribution >= 4 is 22.0 Å². The van der Waals surface area contributed by atoms with Crippen LogP contribution in [0.15, 0.2) is 15.4 Å². The predicted octanol–water partition coefficient (Wildman–Crippen LogP) is 1.94. The summed E-state index contributed by atoms with van der Waals surface area (Å²) in [6.45, 7) is 17.2. The maximum absolute atomic E-state index is 11.0. The highest BCUT2D eigenvalue weighted by Gasteiger charge is 2.34. The molecule has 3 amide bonds. The largest absolute Gasteiger partial charge is 0.383 e. The van der Waals surface area contributed by atoms with Crippen molar-refractivity contribution in [1.82, 2.24) is 20.1 Å². The molecule has 1 aromatic heterocycles. The fourth-order valence-corrected chi connectivity index (χ4v) is 3.30. The third kappa shape index (κ3) is 11.8. The second kappa shape index (κ2) is 9.78. The van der Waals surface area contributed by atoms with Crippen LogP contribution in [0.4, 0.5) is 4.79 Å². The van der Waals surface area contributed by atoms with E-state index in [-0.39, 0.29) is 40.5 Å². The van der Waals surface area contributed by atoms with E-state index >= 15 is 0 Å². The molecule has 2 heterocycles. The second-order valence-electron chi connectivity index (χ2n) is 10.1. The van der Waals surface area contributed by atoms with E-state index in [4.69, 9.17) is 4.52 Å². The smallest absolute Gasteiger partial charge is 0.325 e. The maximum atomic E-state index is 11.0. The van der Waals surface area contributed by atoms with Crippen molar-refractivity contribution in [3.8, 4) is 0 Å². The van der Waals surface area contributed by atoms with Gasteiger partial charge in [-0.3, -0.25) is 14.9 Å². The minimum atomic E-state index is -3.03. The van der Waals surface area contributed by atoms with Gasteiger partial charge >= 0.3 is 6.03 Å². The Balaban J connectivity index is 0.000000423. The molecule has 0 aliphatic carbocycles. The van der Waals surface area contributed by atoms with Crippen LogP contribution < -0.4 is 15.6 Å². The molecule has 0 spiro atoms. The maximum Gasteiger partial charge on any atom is 0.325 e. The fourth-order valence-electron chi connectivity index (χ4n) is 2.19. The van der Waals surface area contributed by atoms with Crippen LogP contribution in [0.3, 0.4) is 0 Å². The Labute approximate surface area is 178 Å². The van der Waals surface area contributed by atoms with E-state index < -0.39 is 10.0 Å². The van der Waals surface area contributed by atoms with E-state index in [1.54, 1.807) is 20.8 Å². The number of rotatable bonds is 1. The van der Waals surface area contributed by atoms with Gasteiger partial charge in [-0.25, -0.2) is 17.9 Å². The molecule has 11 heteroatoms. The van der Waals surface area contributed by atoms with Crippen molar-refractivity contribution in [2.45, 2.75) is 78.8 Å². The molecule has 0 atom stereocenters. The number of carbonyl (C=O) groups excluding carboxylic acids is 2. The molecule has 1 fully saturated rings.